The summed E-state index contributed by atoms with van der Waals surface area (Å²) in [5.74, 6) is 0.489. The maximum absolute atomic E-state index is 13.3. The van der Waals surface area contributed by atoms with Crippen LogP contribution >= 0.6 is 0 Å². The van der Waals surface area contributed by atoms with Crippen molar-refractivity contribution in [2.45, 2.75) is 38.1 Å². The van der Waals surface area contributed by atoms with Gasteiger partial charge < -0.3 is 19.5 Å². The van der Waals surface area contributed by atoms with E-state index in [-0.39, 0.29) is 28.7 Å². The molecule has 0 saturated heterocycles. The number of nitrogens with one attached hydrogen (secondary N) is 1. The lowest BCUT2D eigenvalue weighted by Gasteiger charge is -2.16. The molecule has 0 fully saturated rings. The number of nitrogens with zero attached hydrogens (tertiary/aromatic N) is 2. The fourth-order valence-corrected chi connectivity index (χ4v) is 4.82. The molecule has 0 aliphatic carbocycles. The summed E-state index contributed by atoms with van der Waals surface area (Å²) in [4.78, 5) is 13.1. The lowest BCUT2D eigenvalue weighted by atomic mass is 9.89. The molecule has 1 N–H and O–H groups in total. The Hall–Kier alpha value is -4.14. The summed E-state index contributed by atoms with van der Waals surface area (Å²) in [5, 5.41) is 8.77. The molecule has 2 amide bonds. The van der Waals surface area contributed by atoms with Crippen LogP contribution in [0.4, 0.5) is 19.3 Å². The van der Waals surface area contributed by atoms with Crippen LogP contribution in [0, 0.1) is 0 Å². The summed E-state index contributed by atoms with van der Waals surface area (Å²) < 4.78 is 41.6. The number of anilines is 1. The van der Waals surface area contributed by atoms with Crippen LogP contribution < -0.4 is 19.5 Å². The molecule has 1 atom stereocenters. The fraction of sp³-hybridized carbons (Fsp3) is 0.259. The molecule has 0 aromatic heterocycles. The topological polar surface area (TPSA) is 72.4 Å². The zero-order chi connectivity index (χ0) is 25.1. The van der Waals surface area contributed by atoms with Gasteiger partial charge in [-0.1, -0.05) is 30.3 Å². The van der Waals surface area contributed by atoms with Crippen LogP contribution in [-0.2, 0) is 6.42 Å². The van der Waals surface area contributed by atoms with Crippen molar-refractivity contribution in [1.82, 2.24) is 5.01 Å². The van der Waals surface area contributed by atoms with E-state index < -0.39 is 12.3 Å². The van der Waals surface area contributed by atoms with Gasteiger partial charge in [0.25, 0.3) is 0 Å². The molecule has 0 spiro atoms. The molecule has 3 aliphatic rings. The van der Waals surface area contributed by atoms with Gasteiger partial charge in [-0.05, 0) is 60.9 Å². The van der Waals surface area contributed by atoms with E-state index in [0.29, 0.717) is 6.54 Å². The molecule has 9 heteroatoms. The molecular weight excluding hydrogens is 468 g/mol. The minimum absolute atomic E-state index is 0.0904. The predicted octanol–water partition coefficient (Wildman–Crippen LogP) is 5.76. The molecule has 0 saturated carbocycles. The Bertz CT molecular complexity index is 1390. The van der Waals surface area contributed by atoms with Gasteiger partial charge in [0, 0.05) is 24.1 Å². The van der Waals surface area contributed by atoms with Crippen molar-refractivity contribution in [3.63, 3.8) is 0 Å². The van der Waals surface area contributed by atoms with Gasteiger partial charge in [-0.2, -0.15) is 5.10 Å². The van der Waals surface area contributed by atoms with Crippen LogP contribution in [0.25, 0.3) is 0 Å². The average molecular weight is 491 g/mol. The zero-order valence-electron chi connectivity index (χ0n) is 19.6. The lowest BCUT2D eigenvalue weighted by Crippen LogP contribution is -2.30. The molecule has 3 aromatic rings. The highest BCUT2D eigenvalue weighted by Gasteiger charge is 2.43. The molecule has 3 aromatic carbocycles. The highest BCUT2D eigenvalue weighted by molar-refractivity contribution is 6.08. The minimum Gasteiger partial charge on any atom is -0.487 e. The van der Waals surface area contributed by atoms with Gasteiger partial charge in [0.2, 0.25) is 0 Å². The average Bonchev–Trinajstić information content (AvgIpc) is 3.49. The SMILES string of the molecule is CC1(C)Cc2cc(C3=NN(C(=O)Nc4ccc5c(c4)OC(F)(F)O5)CC3c3ccccc3)ccc2O1. The first-order valence-electron chi connectivity index (χ1n) is 11.6. The molecule has 0 bridgehead atoms. The first-order chi connectivity index (χ1) is 17.2. The Morgan fingerprint density at radius 1 is 0.972 bits per heavy atom. The van der Waals surface area contributed by atoms with Crippen LogP contribution in [0.1, 0.15) is 36.5 Å². The number of hydrogen-bond donors (Lipinski definition) is 1. The lowest BCUT2D eigenvalue weighted by molar-refractivity contribution is -0.286. The summed E-state index contributed by atoms with van der Waals surface area (Å²) >= 11 is 0. The number of amides is 2. The van der Waals surface area contributed by atoms with E-state index in [2.05, 4.69) is 34.7 Å². The number of ether oxygens (including phenoxy) is 3. The van der Waals surface area contributed by atoms with E-state index in [1.54, 1.807) is 0 Å². The van der Waals surface area contributed by atoms with E-state index in [1.165, 1.54) is 23.2 Å². The van der Waals surface area contributed by atoms with Crippen molar-refractivity contribution in [1.29, 1.82) is 0 Å². The number of alkyl halides is 2. The number of carbonyl (C=O) groups is 1. The molecule has 1 unspecified atom stereocenters. The van der Waals surface area contributed by atoms with E-state index in [4.69, 9.17) is 9.84 Å². The summed E-state index contributed by atoms with van der Waals surface area (Å²) in [7, 11) is 0. The third-order valence-corrected chi connectivity index (χ3v) is 6.36. The van der Waals surface area contributed by atoms with Gasteiger partial charge >= 0.3 is 12.3 Å². The van der Waals surface area contributed by atoms with E-state index in [0.717, 1.165) is 34.6 Å². The van der Waals surface area contributed by atoms with Gasteiger partial charge in [0.15, 0.2) is 11.5 Å². The van der Waals surface area contributed by atoms with Gasteiger partial charge in [-0.25, -0.2) is 9.80 Å². The fourth-order valence-electron chi connectivity index (χ4n) is 4.82. The third kappa shape index (κ3) is 4.10. The van der Waals surface area contributed by atoms with Crippen molar-refractivity contribution in [3.05, 3.63) is 83.4 Å². The normalized spacial score (nSPS) is 20.5. The Labute approximate surface area is 206 Å². The van der Waals surface area contributed by atoms with Crippen LogP contribution in [0.15, 0.2) is 71.8 Å². The standard InChI is InChI=1S/C27H23F2N3O4/c1-26(2)14-18-12-17(8-10-21(18)34-26)24-20(16-6-4-3-5-7-16)15-32(31-24)25(33)30-19-9-11-22-23(13-19)36-27(28,29)35-22/h3-13,20H,14-15H2,1-2H3,(H,30,33). The minimum atomic E-state index is -3.72. The second kappa shape index (κ2) is 7.94. The highest BCUT2D eigenvalue weighted by Crippen LogP contribution is 2.42. The summed E-state index contributed by atoms with van der Waals surface area (Å²) in [6.45, 7) is 4.43. The maximum Gasteiger partial charge on any atom is 0.586 e. The summed E-state index contributed by atoms with van der Waals surface area (Å²) in [5.41, 5.74) is 3.86. The molecule has 36 heavy (non-hydrogen) atoms. The quantitative estimate of drug-likeness (QED) is 0.506. The Morgan fingerprint density at radius 2 is 1.72 bits per heavy atom. The number of urea groups is 1. The number of rotatable bonds is 3. The largest absolute Gasteiger partial charge is 0.586 e. The van der Waals surface area contributed by atoms with Crippen molar-refractivity contribution in [3.8, 4) is 17.2 Å². The maximum atomic E-state index is 13.3. The number of hydrogen-bond acceptors (Lipinski definition) is 5. The molecular formula is C27H23F2N3O4. The predicted molar refractivity (Wildman–Crippen MR) is 129 cm³/mol. The second-order valence-corrected chi connectivity index (χ2v) is 9.65. The third-order valence-electron chi connectivity index (χ3n) is 6.36. The molecule has 3 aliphatic heterocycles. The van der Waals surface area contributed by atoms with Gasteiger partial charge in [-0.3, -0.25) is 0 Å². The summed E-state index contributed by atoms with van der Waals surface area (Å²) in [6, 6.07) is 19.5. The number of hydrazone groups is 1. The first-order valence-corrected chi connectivity index (χ1v) is 11.6. The van der Waals surface area contributed by atoms with Crippen molar-refractivity contribution in [2.24, 2.45) is 5.10 Å². The molecule has 0 radical (unpaired) electrons. The number of fused-ring (bicyclic) bond motifs is 2. The smallest absolute Gasteiger partial charge is 0.487 e. The van der Waals surface area contributed by atoms with E-state index in [9.17, 15) is 13.6 Å². The van der Waals surface area contributed by atoms with E-state index >= 15 is 0 Å². The molecule has 7 nitrogen and oxygen atoms in total. The van der Waals surface area contributed by atoms with Crippen LogP contribution in [0.2, 0.25) is 0 Å². The van der Waals surface area contributed by atoms with Crippen molar-refractivity contribution < 1.29 is 27.8 Å². The zero-order valence-corrected chi connectivity index (χ0v) is 19.6. The van der Waals surface area contributed by atoms with Crippen LogP contribution in [-0.4, -0.2) is 35.2 Å². The van der Waals surface area contributed by atoms with Gasteiger partial charge in [0.1, 0.15) is 11.4 Å². The van der Waals surface area contributed by atoms with E-state index in [1.807, 2.05) is 42.5 Å². The van der Waals surface area contributed by atoms with Gasteiger partial charge in [-0.15, -0.1) is 8.78 Å². The van der Waals surface area contributed by atoms with Gasteiger partial charge in [0.05, 0.1) is 12.3 Å². The Kier molecular flexibility index (Phi) is 4.93. The first kappa shape index (κ1) is 22.3. The number of carbonyl (C=O) groups excluding carboxylic acids is 1. The molecule has 3 heterocycles. The molecule has 184 valence electrons. The van der Waals surface area contributed by atoms with Crippen molar-refractivity contribution in [2.75, 3.05) is 11.9 Å². The summed E-state index contributed by atoms with van der Waals surface area (Å²) in [6.07, 6.45) is -2.94. The number of benzene rings is 3. The Balaban J connectivity index is 1.28. The highest BCUT2D eigenvalue weighted by atomic mass is 19.3. The second-order valence-electron chi connectivity index (χ2n) is 9.65. The monoisotopic (exact) mass is 491 g/mol. The van der Waals surface area contributed by atoms with Crippen LogP contribution in [0.5, 0.6) is 17.2 Å². The molecule has 6 rings (SSSR count). The number of halogens is 2. The van der Waals surface area contributed by atoms with Crippen LogP contribution in [0.3, 0.4) is 0 Å². The van der Waals surface area contributed by atoms with Crippen molar-refractivity contribution >= 4 is 17.4 Å². The Morgan fingerprint density at radius 3 is 2.53 bits per heavy atom.